The van der Waals surface area contributed by atoms with Gasteiger partial charge in [0.25, 0.3) is 5.91 Å². The van der Waals surface area contributed by atoms with Gasteiger partial charge in [0.15, 0.2) is 5.03 Å². The Morgan fingerprint density at radius 2 is 1.81 bits per heavy atom. The third-order valence-corrected chi connectivity index (χ3v) is 8.04. The zero-order valence-electron chi connectivity index (χ0n) is 17.9. The van der Waals surface area contributed by atoms with Crippen LogP contribution in [0.15, 0.2) is 64.7 Å². The van der Waals surface area contributed by atoms with Crippen LogP contribution in [-0.2, 0) is 10.0 Å². The average Bonchev–Trinajstić information content (AvgIpc) is 3.22. The maximum Gasteiger partial charge on any atom is 0.348 e. The number of hydrazone groups is 1. The second kappa shape index (κ2) is 8.57. The van der Waals surface area contributed by atoms with E-state index in [2.05, 4.69) is 10.1 Å². The van der Waals surface area contributed by atoms with Crippen molar-refractivity contribution in [3.05, 3.63) is 65.2 Å². The maximum atomic E-state index is 13.8. The Hall–Kier alpha value is -2.88. The van der Waals surface area contributed by atoms with Crippen molar-refractivity contribution in [3.63, 3.8) is 0 Å². The second-order valence-corrected chi connectivity index (χ2v) is 10.5. The Morgan fingerprint density at radius 3 is 2.47 bits per heavy atom. The lowest BCUT2D eigenvalue weighted by Gasteiger charge is -2.39. The molecule has 1 aromatic heterocycles. The number of fused-ring (bicyclic) bond motifs is 1. The molecule has 0 radical (unpaired) electrons. The van der Waals surface area contributed by atoms with Crippen LogP contribution in [0.25, 0.3) is 10.9 Å². The topological polar surface area (TPSA) is 85.8 Å². The standard InChI is InChI=1S/C22H25ClN5O3S/c1-26(2)24-16-28(12-10-27(11-13-28)22(29)17-6-4-3-5-7-17)32(30,31)21-15-18-14-19(23)8-9-20(18)25-21/h3-9,14-16,25H,10-13H2,1-2H3/q+1. The summed E-state index contributed by atoms with van der Waals surface area (Å²) in [6.07, 6.45) is 1.46. The van der Waals surface area contributed by atoms with Crippen molar-refractivity contribution in [2.24, 2.45) is 5.10 Å². The predicted octanol–water partition coefficient (Wildman–Crippen LogP) is 2.99. The highest BCUT2D eigenvalue weighted by Crippen LogP contribution is 2.29. The summed E-state index contributed by atoms with van der Waals surface area (Å²) in [5, 5.41) is 7.18. The van der Waals surface area contributed by atoms with Gasteiger partial charge in [0.2, 0.25) is 6.34 Å². The summed E-state index contributed by atoms with van der Waals surface area (Å²) < 4.78 is 27.3. The number of nitrogens with zero attached hydrogens (tertiary/aromatic N) is 4. The van der Waals surface area contributed by atoms with Gasteiger partial charge in [-0.15, -0.1) is 5.10 Å². The lowest BCUT2D eigenvalue weighted by molar-refractivity contribution is -0.710. The SMILES string of the molecule is CN(C)N=C[N+]1(S(=O)(=O)c2cc3cc(Cl)ccc3[nH]2)CCN(C(=O)c2ccccc2)CC1. The molecule has 32 heavy (non-hydrogen) atoms. The lowest BCUT2D eigenvalue weighted by atomic mass is 10.2. The first-order valence-electron chi connectivity index (χ1n) is 10.2. The Kier molecular flexibility index (Phi) is 5.98. The van der Waals surface area contributed by atoms with E-state index in [-0.39, 0.29) is 27.9 Å². The predicted molar refractivity (Wildman–Crippen MR) is 125 cm³/mol. The van der Waals surface area contributed by atoms with Gasteiger partial charge in [0, 0.05) is 35.6 Å². The normalized spacial score (nSPS) is 16.5. The van der Waals surface area contributed by atoms with Gasteiger partial charge >= 0.3 is 10.0 Å². The number of H-pyrrole nitrogens is 1. The Morgan fingerprint density at radius 1 is 1.12 bits per heavy atom. The first-order valence-corrected chi connectivity index (χ1v) is 12.0. The molecular weight excluding hydrogens is 450 g/mol. The third-order valence-electron chi connectivity index (χ3n) is 5.61. The number of sulfonamides is 1. The first kappa shape index (κ1) is 22.3. The molecule has 4 rings (SSSR count). The number of aromatic nitrogens is 1. The molecule has 1 saturated heterocycles. The van der Waals surface area contributed by atoms with E-state index < -0.39 is 10.0 Å². The number of halogens is 1. The zero-order chi connectivity index (χ0) is 22.9. The molecule has 0 spiro atoms. The van der Waals surface area contributed by atoms with E-state index in [4.69, 9.17) is 11.6 Å². The number of hydrogen-bond acceptors (Lipinski definition) is 5. The van der Waals surface area contributed by atoms with E-state index in [1.807, 2.05) is 18.2 Å². The van der Waals surface area contributed by atoms with E-state index in [0.717, 1.165) is 5.39 Å². The van der Waals surface area contributed by atoms with Crippen LogP contribution in [0.3, 0.4) is 0 Å². The summed E-state index contributed by atoms with van der Waals surface area (Å²) in [5.74, 6) is -0.106. The number of piperazine rings is 1. The van der Waals surface area contributed by atoms with Gasteiger partial charge in [-0.3, -0.25) is 9.80 Å². The molecule has 2 heterocycles. The molecule has 1 aliphatic heterocycles. The molecule has 0 aliphatic carbocycles. The van der Waals surface area contributed by atoms with Gasteiger partial charge in [0.05, 0.1) is 13.1 Å². The molecule has 1 N–H and O–H groups in total. The molecule has 168 valence electrons. The van der Waals surface area contributed by atoms with E-state index in [0.29, 0.717) is 29.2 Å². The summed E-state index contributed by atoms with van der Waals surface area (Å²) in [4.78, 5) is 17.6. The molecule has 0 atom stereocenters. The minimum Gasteiger partial charge on any atom is -0.341 e. The molecule has 10 heteroatoms. The van der Waals surface area contributed by atoms with Gasteiger partial charge in [-0.1, -0.05) is 29.8 Å². The van der Waals surface area contributed by atoms with Crippen LogP contribution in [0.5, 0.6) is 0 Å². The third kappa shape index (κ3) is 4.11. The Balaban J connectivity index is 1.67. The van der Waals surface area contributed by atoms with Gasteiger partial charge in [-0.05, 0) is 36.4 Å². The van der Waals surface area contributed by atoms with Crippen LogP contribution in [0.1, 0.15) is 10.4 Å². The van der Waals surface area contributed by atoms with Gasteiger partial charge < -0.3 is 9.88 Å². The summed E-state index contributed by atoms with van der Waals surface area (Å²) in [6.45, 7) is 0.958. The van der Waals surface area contributed by atoms with Crippen molar-refractivity contribution >= 4 is 44.8 Å². The molecule has 0 bridgehead atoms. The Bertz CT molecular complexity index is 1260. The van der Waals surface area contributed by atoms with Crippen LogP contribution >= 0.6 is 11.6 Å². The number of carbonyl (C=O) groups is 1. The number of hydrogen-bond donors (Lipinski definition) is 1. The minimum atomic E-state index is -3.88. The molecule has 1 aliphatic rings. The molecule has 3 aromatic rings. The van der Waals surface area contributed by atoms with E-state index in [1.165, 1.54) is 6.34 Å². The smallest absolute Gasteiger partial charge is 0.341 e. The highest BCUT2D eigenvalue weighted by molar-refractivity contribution is 7.86. The van der Waals surface area contributed by atoms with Crippen molar-refractivity contribution in [3.8, 4) is 0 Å². The molecular formula is C22H25ClN5O3S+. The number of amides is 1. The van der Waals surface area contributed by atoms with Crippen molar-refractivity contribution in [1.82, 2.24) is 14.9 Å². The number of nitrogens with one attached hydrogen (secondary N) is 1. The second-order valence-electron chi connectivity index (χ2n) is 7.98. The molecule has 0 unspecified atom stereocenters. The Labute approximate surface area is 192 Å². The van der Waals surface area contributed by atoms with Crippen LogP contribution in [0.2, 0.25) is 5.02 Å². The fourth-order valence-electron chi connectivity index (χ4n) is 3.80. The largest absolute Gasteiger partial charge is 0.348 e. The average molecular weight is 475 g/mol. The van der Waals surface area contributed by atoms with E-state index >= 15 is 0 Å². The number of rotatable bonds is 5. The van der Waals surface area contributed by atoms with Crippen molar-refractivity contribution in [2.75, 3.05) is 40.3 Å². The molecule has 0 saturated carbocycles. The van der Waals surface area contributed by atoms with Crippen molar-refractivity contribution in [1.29, 1.82) is 0 Å². The molecule has 1 amide bonds. The number of carbonyl (C=O) groups excluding carboxylic acids is 1. The highest BCUT2D eigenvalue weighted by atomic mass is 35.5. The number of benzene rings is 2. The highest BCUT2D eigenvalue weighted by Gasteiger charge is 2.47. The van der Waals surface area contributed by atoms with Gasteiger partial charge in [-0.2, -0.15) is 12.3 Å². The fourth-order valence-corrected chi connectivity index (χ4v) is 5.69. The van der Waals surface area contributed by atoms with Crippen LogP contribution < -0.4 is 0 Å². The minimum absolute atomic E-state index is 0.0998. The monoisotopic (exact) mass is 474 g/mol. The quantitative estimate of drug-likeness (QED) is 0.266. The number of aromatic amines is 1. The van der Waals surface area contributed by atoms with Crippen molar-refractivity contribution < 1.29 is 17.1 Å². The summed E-state index contributed by atoms with van der Waals surface area (Å²) in [6, 6.07) is 15.8. The van der Waals surface area contributed by atoms with Crippen molar-refractivity contribution in [2.45, 2.75) is 5.03 Å². The summed E-state index contributed by atoms with van der Waals surface area (Å²) in [7, 11) is -0.411. The molecule has 1 fully saturated rings. The molecule has 2 aromatic carbocycles. The van der Waals surface area contributed by atoms with Gasteiger partial charge in [0.1, 0.15) is 13.1 Å². The summed E-state index contributed by atoms with van der Waals surface area (Å²) in [5.41, 5.74) is 1.28. The first-order chi connectivity index (χ1) is 15.2. The van der Waals surface area contributed by atoms with E-state index in [1.54, 1.807) is 60.4 Å². The van der Waals surface area contributed by atoms with Crippen LogP contribution in [0.4, 0.5) is 0 Å². The zero-order valence-corrected chi connectivity index (χ0v) is 19.5. The molecule has 8 nitrogen and oxygen atoms in total. The van der Waals surface area contributed by atoms with Crippen LogP contribution in [0, 0.1) is 0 Å². The maximum absolute atomic E-state index is 13.8. The van der Waals surface area contributed by atoms with Crippen LogP contribution in [-0.4, -0.2) is 79.7 Å². The lowest BCUT2D eigenvalue weighted by Crippen LogP contribution is -2.62. The summed E-state index contributed by atoms with van der Waals surface area (Å²) >= 11 is 6.07. The van der Waals surface area contributed by atoms with E-state index in [9.17, 15) is 13.2 Å². The fraction of sp³-hybridized carbons (Fsp3) is 0.273. The van der Waals surface area contributed by atoms with Gasteiger partial charge in [-0.25, -0.2) is 0 Å². The number of quaternary nitrogens is 1.